The molecule has 0 aliphatic carbocycles. The number of carbonyl (C=O) groups is 3. The third-order valence-electron chi connectivity index (χ3n) is 4.72. The van der Waals surface area contributed by atoms with Crippen molar-refractivity contribution >= 4 is 29.1 Å². The Hall–Kier alpha value is -3.15. The predicted octanol–water partition coefficient (Wildman–Crippen LogP) is 4.31. The molecule has 6 nitrogen and oxygen atoms in total. The summed E-state index contributed by atoms with van der Waals surface area (Å²) in [4.78, 5) is 38.8. The van der Waals surface area contributed by atoms with Crippen molar-refractivity contribution < 1.29 is 14.4 Å². The summed E-state index contributed by atoms with van der Waals surface area (Å²) in [5.41, 5.74) is 4.28. The fourth-order valence-electron chi connectivity index (χ4n) is 3.11. The van der Waals surface area contributed by atoms with Gasteiger partial charge in [-0.05, 0) is 50.1 Å². The highest BCUT2D eigenvalue weighted by molar-refractivity contribution is 6.01. The number of hydrogen-bond acceptors (Lipinski definition) is 3. The topological polar surface area (TPSA) is 78.5 Å². The second kappa shape index (κ2) is 9.11. The monoisotopic (exact) mass is 409 g/mol. The van der Waals surface area contributed by atoms with E-state index in [1.54, 1.807) is 31.3 Å². The second-order valence-electron chi connectivity index (χ2n) is 8.77. The van der Waals surface area contributed by atoms with Gasteiger partial charge in [0.05, 0.1) is 6.54 Å². The number of amides is 3. The standard InChI is InChI=1S/C24H31N3O3/c1-15-11-16(2)21(17(3)12-15)26-20(28)14-27(7)22(29)18-9-8-10-19(13-18)25-23(30)24(4,5)6/h8-13H,14H2,1-7H3,(H,25,30)(H,26,28). The van der Waals surface area contributed by atoms with Crippen LogP contribution in [0.25, 0.3) is 0 Å². The maximum atomic E-state index is 12.8. The summed E-state index contributed by atoms with van der Waals surface area (Å²) in [6.07, 6.45) is 0. The number of anilines is 2. The van der Waals surface area contributed by atoms with Crippen LogP contribution in [-0.2, 0) is 9.59 Å². The van der Waals surface area contributed by atoms with Gasteiger partial charge in [0.25, 0.3) is 5.91 Å². The van der Waals surface area contributed by atoms with Crippen LogP contribution in [0.4, 0.5) is 11.4 Å². The molecular weight excluding hydrogens is 378 g/mol. The van der Waals surface area contributed by atoms with Crippen LogP contribution >= 0.6 is 0 Å². The molecular formula is C24H31N3O3. The number of aryl methyl sites for hydroxylation is 3. The molecule has 2 aromatic carbocycles. The maximum Gasteiger partial charge on any atom is 0.254 e. The molecule has 0 aliphatic heterocycles. The van der Waals surface area contributed by atoms with Crippen molar-refractivity contribution in [3.8, 4) is 0 Å². The highest BCUT2D eigenvalue weighted by atomic mass is 16.2. The van der Waals surface area contributed by atoms with E-state index in [9.17, 15) is 14.4 Å². The second-order valence-corrected chi connectivity index (χ2v) is 8.77. The van der Waals surface area contributed by atoms with Gasteiger partial charge in [-0.15, -0.1) is 0 Å². The maximum absolute atomic E-state index is 12.8. The third-order valence-corrected chi connectivity index (χ3v) is 4.72. The first-order chi connectivity index (χ1) is 13.9. The fourth-order valence-corrected chi connectivity index (χ4v) is 3.11. The molecule has 0 saturated heterocycles. The van der Waals surface area contributed by atoms with Crippen molar-refractivity contribution in [3.05, 3.63) is 58.7 Å². The van der Waals surface area contributed by atoms with E-state index >= 15 is 0 Å². The SMILES string of the molecule is Cc1cc(C)c(NC(=O)CN(C)C(=O)c2cccc(NC(=O)C(C)(C)C)c2)c(C)c1. The van der Waals surface area contributed by atoms with Crippen LogP contribution in [0.5, 0.6) is 0 Å². The zero-order valence-corrected chi connectivity index (χ0v) is 18.8. The molecule has 0 atom stereocenters. The van der Waals surface area contributed by atoms with Gasteiger partial charge in [-0.3, -0.25) is 14.4 Å². The molecule has 2 aromatic rings. The average Bonchev–Trinajstić information content (AvgIpc) is 2.63. The first-order valence-electron chi connectivity index (χ1n) is 9.93. The summed E-state index contributed by atoms with van der Waals surface area (Å²) in [5, 5.41) is 5.72. The minimum Gasteiger partial charge on any atom is -0.332 e. The molecule has 0 spiro atoms. The van der Waals surface area contributed by atoms with Crippen molar-refractivity contribution in [1.29, 1.82) is 0 Å². The van der Waals surface area contributed by atoms with E-state index in [-0.39, 0.29) is 24.3 Å². The number of carbonyl (C=O) groups excluding carboxylic acids is 3. The van der Waals surface area contributed by atoms with E-state index in [4.69, 9.17) is 0 Å². The van der Waals surface area contributed by atoms with Crippen molar-refractivity contribution in [3.63, 3.8) is 0 Å². The first kappa shape index (κ1) is 23.1. The van der Waals surface area contributed by atoms with Gasteiger partial charge >= 0.3 is 0 Å². The van der Waals surface area contributed by atoms with Gasteiger partial charge in [0, 0.05) is 29.4 Å². The van der Waals surface area contributed by atoms with Crippen LogP contribution in [-0.4, -0.2) is 36.2 Å². The van der Waals surface area contributed by atoms with E-state index in [1.165, 1.54) is 4.90 Å². The predicted molar refractivity (Wildman–Crippen MR) is 121 cm³/mol. The Morgan fingerprint density at radius 3 is 2.10 bits per heavy atom. The van der Waals surface area contributed by atoms with Gasteiger partial charge in [0.15, 0.2) is 0 Å². The number of hydrogen-bond donors (Lipinski definition) is 2. The quantitative estimate of drug-likeness (QED) is 0.772. The molecule has 0 aromatic heterocycles. The van der Waals surface area contributed by atoms with Crippen LogP contribution in [0.15, 0.2) is 36.4 Å². The highest BCUT2D eigenvalue weighted by Crippen LogP contribution is 2.22. The van der Waals surface area contributed by atoms with Crippen molar-refractivity contribution in [1.82, 2.24) is 4.90 Å². The number of likely N-dealkylation sites (N-methyl/N-ethyl adjacent to an activating group) is 1. The fraction of sp³-hybridized carbons (Fsp3) is 0.375. The molecule has 0 saturated carbocycles. The molecule has 0 radical (unpaired) electrons. The van der Waals surface area contributed by atoms with Crippen molar-refractivity contribution in [2.24, 2.45) is 5.41 Å². The molecule has 30 heavy (non-hydrogen) atoms. The van der Waals surface area contributed by atoms with Gasteiger partial charge in [0.2, 0.25) is 11.8 Å². The molecule has 2 rings (SSSR count). The average molecular weight is 410 g/mol. The number of nitrogens with zero attached hydrogens (tertiary/aromatic N) is 1. The number of benzene rings is 2. The first-order valence-corrected chi connectivity index (χ1v) is 9.93. The highest BCUT2D eigenvalue weighted by Gasteiger charge is 2.22. The number of nitrogens with one attached hydrogen (secondary N) is 2. The van der Waals surface area contributed by atoms with E-state index in [1.807, 2.05) is 53.7 Å². The molecule has 6 heteroatoms. The van der Waals surface area contributed by atoms with Crippen molar-refractivity contribution in [2.45, 2.75) is 41.5 Å². The van der Waals surface area contributed by atoms with E-state index < -0.39 is 5.41 Å². The van der Waals surface area contributed by atoms with Gasteiger partial charge in [-0.25, -0.2) is 0 Å². The lowest BCUT2D eigenvalue weighted by Gasteiger charge is -2.20. The molecule has 3 amide bonds. The van der Waals surface area contributed by atoms with Crippen LogP contribution in [0.1, 0.15) is 47.8 Å². The van der Waals surface area contributed by atoms with Crippen LogP contribution in [0.3, 0.4) is 0 Å². The Bertz CT molecular complexity index is 951. The summed E-state index contributed by atoms with van der Waals surface area (Å²) in [6, 6.07) is 10.7. The van der Waals surface area contributed by atoms with Gasteiger partial charge < -0.3 is 15.5 Å². The minimum atomic E-state index is -0.541. The Morgan fingerprint density at radius 1 is 0.933 bits per heavy atom. The molecule has 0 heterocycles. The van der Waals surface area contributed by atoms with Crippen molar-refractivity contribution in [2.75, 3.05) is 24.2 Å². The largest absolute Gasteiger partial charge is 0.332 e. The molecule has 0 aliphatic rings. The molecule has 0 fully saturated rings. The molecule has 0 unspecified atom stereocenters. The Labute approximate surface area is 178 Å². The lowest BCUT2D eigenvalue weighted by atomic mass is 9.95. The number of rotatable bonds is 5. The Balaban J connectivity index is 2.06. The van der Waals surface area contributed by atoms with Gasteiger partial charge in [0.1, 0.15) is 0 Å². The lowest BCUT2D eigenvalue weighted by Crippen LogP contribution is -2.35. The summed E-state index contributed by atoms with van der Waals surface area (Å²) < 4.78 is 0. The van der Waals surface area contributed by atoms with E-state index in [0.717, 1.165) is 22.4 Å². The normalized spacial score (nSPS) is 11.0. The smallest absolute Gasteiger partial charge is 0.254 e. The summed E-state index contributed by atoms with van der Waals surface area (Å²) >= 11 is 0. The third kappa shape index (κ3) is 5.92. The summed E-state index contributed by atoms with van der Waals surface area (Å²) in [5.74, 6) is -0.698. The summed E-state index contributed by atoms with van der Waals surface area (Å²) in [7, 11) is 1.58. The molecule has 2 N–H and O–H groups in total. The summed E-state index contributed by atoms with van der Waals surface area (Å²) in [6.45, 7) is 11.3. The Morgan fingerprint density at radius 2 is 1.53 bits per heavy atom. The zero-order valence-electron chi connectivity index (χ0n) is 18.8. The molecule has 160 valence electrons. The van der Waals surface area contributed by atoms with Crippen LogP contribution in [0, 0.1) is 26.2 Å². The van der Waals surface area contributed by atoms with Gasteiger partial charge in [-0.2, -0.15) is 0 Å². The van der Waals surface area contributed by atoms with E-state index in [0.29, 0.717) is 11.3 Å². The molecule has 0 bridgehead atoms. The van der Waals surface area contributed by atoms with Crippen LogP contribution in [0.2, 0.25) is 0 Å². The zero-order chi connectivity index (χ0) is 22.6. The minimum absolute atomic E-state index is 0.0792. The van der Waals surface area contributed by atoms with Gasteiger partial charge in [-0.1, -0.05) is 44.5 Å². The van der Waals surface area contributed by atoms with Crippen LogP contribution < -0.4 is 10.6 Å². The Kier molecular flexibility index (Phi) is 7.03. The lowest BCUT2D eigenvalue weighted by molar-refractivity contribution is -0.123. The van der Waals surface area contributed by atoms with E-state index in [2.05, 4.69) is 10.6 Å².